The molecule has 0 aliphatic rings. The van der Waals surface area contributed by atoms with Gasteiger partial charge in [-0.1, -0.05) is 6.07 Å². The Morgan fingerprint density at radius 3 is 2.65 bits per heavy atom. The minimum Gasteiger partial charge on any atom is -0.333 e. The van der Waals surface area contributed by atoms with E-state index >= 15 is 0 Å². The van der Waals surface area contributed by atoms with E-state index in [1.165, 1.54) is 0 Å². The summed E-state index contributed by atoms with van der Waals surface area (Å²) in [6.07, 6.45) is 0. The van der Waals surface area contributed by atoms with Crippen LogP contribution in [0.3, 0.4) is 0 Å². The predicted octanol–water partition coefficient (Wildman–Crippen LogP) is 3.67. The zero-order valence-corrected chi connectivity index (χ0v) is 11.9. The summed E-state index contributed by atoms with van der Waals surface area (Å²) in [6, 6.07) is 11.5. The topological polar surface area (TPSA) is 41.1 Å². The van der Waals surface area contributed by atoms with Crippen molar-refractivity contribution < 1.29 is 4.79 Å². The molecule has 0 radical (unpaired) electrons. The van der Waals surface area contributed by atoms with Gasteiger partial charge in [0.05, 0.1) is 6.54 Å². The summed E-state index contributed by atoms with van der Waals surface area (Å²) in [5.74, 6) is 0. The Labute approximate surface area is 117 Å². The van der Waals surface area contributed by atoms with Crippen LogP contribution in [0.25, 0.3) is 0 Å². The van der Waals surface area contributed by atoms with Crippen molar-refractivity contribution >= 4 is 45.6 Å². The smallest absolute Gasteiger partial charge is 0.319 e. The van der Waals surface area contributed by atoms with Crippen LogP contribution in [-0.4, -0.2) is 6.03 Å². The fourth-order valence-corrected chi connectivity index (χ4v) is 2.29. The van der Waals surface area contributed by atoms with Gasteiger partial charge in [0.2, 0.25) is 0 Å². The molecule has 2 N–H and O–H groups in total. The number of carbonyl (C=O) groups excluding carboxylic acids is 1. The lowest BCUT2D eigenvalue weighted by atomic mass is 10.3. The number of rotatable bonds is 3. The molecule has 0 atom stereocenters. The zero-order chi connectivity index (χ0) is 12.1. The van der Waals surface area contributed by atoms with Gasteiger partial charge >= 0.3 is 6.03 Å². The van der Waals surface area contributed by atoms with Gasteiger partial charge in [0.15, 0.2) is 0 Å². The maximum absolute atomic E-state index is 11.6. The second-order valence-corrected chi connectivity index (χ2v) is 5.67. The van der Waals surface area contributed by atoms with E-state index in [4.69, 9.17) is 0 Å². The Kier molecular flexibility index (Phi) is 4.38. The van der Waals surface area contributed by atoms with E-state index in [-0.39, 0.29) is 6.03 Å². The molecule has 3 nitrogen and oxygen atoms in total. The van der Waals surface area contributed by atoms with Gasteiger partial charge in [0.1, 0.15) is 0 Å². The van der Waals surface area contributed by atoms with E-state index < -0.39 is 0 Å². The van der Waals surface area contributed by atoms with Crippen LogP contribution < -0.4 is 10.6 Å². The number of benzene rings is 1. The van der Waals surface area contributed by atoms with Gasteiger partial charge in [0, 0.05) is 14.1 Å². The molecule has 0 saturated carbocycles. The molecule has 2 amide bonds. The van der Waals surface area contributed by atoms with Crippen molar-refractivity contribution in [2.24, 2.45) is 0 Å². The minimum absolute atomic E-state index is 0.181. The molecule has 2 aromatic rings. The third-order valence-electron chi connectivity index (χ3n) is 2.11. The van der Waals surface area contributed by atoms with Gasteiger partial charge < -0.3 is 10.6 Å². The standard InChI is InChI=1S/C12H11IN2OS/c13-9-3-5-10(6-4-9)15-12(16)14-8-11-2-1-7-17-11/h1-7H,8H2,(H2,14,15,16). The van der Waals surface area contributed by atoms with Crippen LogP contribution in [0, 0.1) is 3.57 Å². The SMILES string of the molecule is O=C(NCc1cccs1)Nc1ccc(I)cc1. The highest BCUT2D eigenvalue weighted by Gasteiger charge is 2.01. The molecule has 0 unspecified atom stereocenters. The number of carbonyl (C=O) groups is 1. The Balaban J connectivity index is 1.83. The predicted molar refractivity (Wildman–Crippen MR) is 79.3 cm³/mol. The molecule has 1 aromatic heterocycles. The maximum Gasteiger partial charge on any atom is 0.319 e. The highest BCUT2D eigenvalue weighted by Crippen LogP contribution is 2.11. The van der Waals surface area contributed by atoms with Crippen LogP contribution in [0.2, 0.25) is 0 Å². The number of hydrogen-bond donors (Lipinski definition) is 2. The van der Waals surface area contributed by atoms with Crippen LogP contribution in [0.1, 0.15) is 4.88 Å². The van der Waals surface area contributed by atoms with Gasteiger partial charge in [-0.3, -0.25) is 0 Å². The largest absolute Gasteiger partial charge is 0.333 e. The van der Waals surface area contributed by atoms with Crippen molar-refractivity contribution in [1.29, 1.82) is 0 Å². The third-order valence-corrected chi connectivity index (χ3v) is 3.70. The van der Waals surface area contributed by atoms with Crippen molar-refractivity contribution in [3.63, 3.8) is 0 Å². The number of anilines is 1. The molecular weight excluding hydrogens is 347 g/mol. The number of nitrogens with one attached hydrogen (secondary N) is 2. The highest BCUT2D eigenvalue weighted by molar-refractivity contribution is 14.1. The van der Waals surface area contributed by atoms with Gasteiger partial charge in [-0.2, -0.15) is 0 Å². The van der Waals surface area contributed by atoms with E-state index in [9.17, 15) is 4.79 Å². The van der Waals surface area contributed by atoms with Crippen molar-refractivity contribution in [2.75, 3.05) is 5.32 Å². The number of halogens is 1. The first-order valence-corrected chi connectivity index (χ1v) is 7.03. The number of thiophene rings is 1. The average molecular weight is 358 g/mol. The fourth-order valence-electron chi connectivity index (χ4n) is 1.29. The summed E-state index contributed by atoms with van der Waals surface area (Å²) in [4.78, 5) is 12.7. The van der Waals surface area contributed by atoms with Gasteiger partial charge in [-0.25, -0.2) is 4.79 Å². The second-order valence-electron chi connectivity index (χ2n) is 3.39. The van der Waals surface area contributed by atoms with Crippen molar-refractivity contribution in [2.45, 2.75) is 6.54 Å². The van der Waals surface area contributed by atoms with Crippen molar-refractivity contribution in [1.82, 2.24) is 5.32 Å². The number of urea groups is 1. The number of hydrogen-bond acceptors (Lipinski definition) is 2. The van der Waals surface area contributed by atoms with E-state index in [1.807, 2.05) is 41.8 Å². The first kappa shape index (κ1) is 12.4. The van der Waals surface area contributed by atoms with Crippen LogP contribution in [-0.2, 0) is 6.54 Å². The molecule has 0 fully saturated rings. The first-order chi connectivity index (χ1) is 8.24. The van der Waals surface area contributed by atoms with Crippen molar-refractivity contribution in [3.05, 3.63) is 50.2 Å². The normalized spacial score (nSPS) is 9.94. The monoisotopic (exact) mass is 358 g/mol. The van der Waals surface area contributed by atoms with E-state index in [0.29, 0.717) is 6.54 Å². The lowest BCUT2D eigenvalue weighted by Crippen LogP contribution is -2.27. The molecule has 88 valence electrons. The van der Waals surface area contributed by atoms with Gasteiger partial charge in [-0.05, 0) is 58.3 Å². The zero-order valence-electron chi connectivity index (χ0n) is 8.94. The minimum atomic E-state index is -0.181. The first-order valence-electron chi connectivity index (χ1n) is 5.07. The molecule has 0 aliphatic heterocycles. The Bertz CT molecular complexity index is 482. The molecule has 2 rings (SSSR count). The Morgan fingerprint density at radius 2 is 2.00 bits per heavy atom. The molecule has 1 heterocycles. The van der Waals surface area contributed by atoms with Crippen LogP contribution in [0.4, 0.5) is 10.5 Å². The summed E-state index contributed by atoms with van der Waals surface area (Å²) in [5, 5.41) is 7.58. The van der Waals surface area contributed by atoms with Crippen molar-refractivity contribution in [3.8, 4) is 0 Å². The maximum atomic E-state index is 11.6. The lowest BCUT2D eigenvalue weighted by molar-refractivity contribution is 0.252. The molecule has 5 heteroatoms. The van der Waals surface area contributed by atoms with E-state index in [1.54, 1.807) is 11.3 Å². The summed E-state index contributed by atoms with van der Waals surface area (Å²) >= 11 is 3.86. The molecule has 0 spiro atoms. The second kappa shape index (κ2) is 6.02. The van der Waals surface area contributed by atoms with E-state index in [0.717, 1.165) is 14.1 Å². The fraction of sp³-hybridized carbons (Fsp3) is 0.0833. The highest BCUT2D eigenvalue weighted by atomic mass is 127. The summed E-state index contributed by atoms with van der Waals surface area (Å²) in [7, 11) is 0. The molecule has 0 aliphatic carbocycles. The molecule has 0 saturated heterocycles. The summed E-state index contributed by atoms with van der Waals surface area (Å²) in [5.41, 5.74) is 0.800. The lowest BCUT2D eigenvalue weighted by Gasteiger charge is -2.06. The molecule has 17 heavy (non-hydrogen) atoms. The van der Waals surface area contributed by atoms with Crippen LogP contribution >= 0.6 is 33.9 Å². The summed E-state index contributed by atoms with van der Waals surface area (Å²) < 4.78 is 1.15. The Hall–Kier alpha value is -1.08. The molecule has 1 aromatic carbocycles. The van der Waals surface area contributed by atoms with Crippen LogP contribution in [0.15, 0.2) is 41.8 Å². The van der Waals surface area contributed by atoms with Crippen LogP contribution in [0.5, 0.6) is 0 Å². The number of amides is 2. The van der Waals surface area contributed by atoms with Gasteiger partial charge in [0.25, 0.3) is 0 Å². The van der Waals surface area contributed by atoms with E-state index in [2.05, 4.69) is 33.2 Å². The molecular formula is C12H11IN2OS. The Morgan fingerprint density at radius 1 is 1.24 bits per heavy atom. The third kappa shape index (κ3) is 4.01. The quantitative estimate of drug-likeness (QED) is 0.808. The average Bonchev–Trinajstić information content (AvgIpc) is 2.83. The molecule has 0 bridgehead atoms. The van der Waals surface area contributed by atoms with Gasteiger partial charge in [-0.15, -0.1) is 11.3 Å². The summed E-state index contributed by atoms with van der Waals surface area (Å²) in [6.45, 7) is 0.563.